The second-order valence-electron chi connectivity index (χ2n) is 7.69. The van der Waals surface area contributed by atoms with Gasteiger partial charge >= 0.3 is 5.97 Å². The van der Waals surface area contributed by atoms with Gasteiger partial charge in [0.1, 0.15) is 5.25 Å². The van der Waals surface area contributed by atoms with E-state index < -0.39 is 38.1 Å². The van der Waals surface area contributed by atoms with E-state index in [1.807, 2.05) is 0 Å². The maximum atomic E-state index is 13.1. The summed E-state index contributed by atoms with van der Waals surface area (Å²) in [4.78, 5) is 24.0. The number of aliphatic carboxylic acids is 1. The first-order valence-corrected chi connectivity index (χ1v) is 11.1. The van der Waals surface area contributed by atoms with Gasteiger partial charge in [-0.25, -0.2) is 8.42 Å². The molecule has 0 saturated heterocycles. The molecule has 1 aliphatic carbocycles. The molecule has 1 fully saturated rings. The Morgan fingerprint density at radius 1 is 1.11 bits per heavy atom. The molecule has 2 rings (SSSR count). The molecule has 2 N–H and O–H groups in total. The first-order chi connectivity index (χ1) is 12.6. The Morgan fingerprint density at radius 2 is 1.74 bits per heavy atom. The Morgan fingerprint density at radius 3 is 2.30 bits per heavy atom. The van der Waals surface area contributed by atoms with Crippen LogP contribution in [-0.2, 0) is 19.4 Å². The van der Waals surface area contributed by atoms with Crippen LogP contribution in [0.5, 0.6) is 0 Å². The van der Waals surface area contributed by atoms with Gasteiger partial charge in [-0.15, -0.1) is 0 Å². The Bertz CT molecular complexity index is 781. The quantitative estimate of drug-likeness (QED) is 0.735. The summed E-state index contributed by atoms with van der Waals surface area (Å²) in [5.41, 5.74) is 0.964. The van der Waals surface area contributed by atoms with Crippen molar-refractivity contribution in [1.82, 2.24) is 0 Å². The number of carboxylic acids is 1. The minimum atomic E-state index is -3.59. The number of nitrogens with one attached hydrogen (secondary N) is 1. The number of rotatable bonds is 7. The van der Waals surface area contributed by atoms with E-state index in [0.717, 1.165) is 19.3 Å². The van der Waals surface area contributed by atoms with Crippen LogP contribution in [0.2, 0.25) is 0 Å². The standard InChI is InChI=1S/C20H29NO5S/c1-13(2)18(27(25,26)17-10-5-4-6-11-17)19(22)21-16-9-7-8-15(12-16)14(3)20(23)24/h7-9,12-14,17-18H,4-6,10-11H2,1-3H3,(H,21,22)(H,23,24). The molecule has 1 aliphatic rings. The molecule has 1 amide bonds. The highest BCUT2D eigenvalue weighted by Gasteiger charge is 2.41. The number of carboxylic acid groups (broad SMARTS) is 1. The fourth-order valence-electron chi connectivity index (χ4n) is 3.67. The van der Waals surface area contributed by atoms with Crippen molar-refractivity contribution in [3.8, 4) is 0 Å². The van der Waals surface area contributed by atoms with Crippen LogP contribution in [0.3, 0.4) is 0 Å². The van der Waals surface area contributed by atoms with E-state index in [4.69, 9.17) is 5.11 Å². The highest BCUT2D eigenvalue weighted by Crippen LogP contribution is 2.30. The normalized spacial score (nSPS) is 18.1. The number of benzene rings is 1. The van der Waals surface area contributed by atoms with Crippen molar-refractivity contribution in [3.63, 3.8) is 0 Å². The number of hydrogen-bond acceptors (Lipinski definition) is 4. The molecular formula is C20H29NO5S. The van der Waals surface area contributed by atoms with E-state index in [1.165, 1.54) is 0 Å². The number of hydrogen-bond donors (Lipinski definition) is 2. The number of amides is 1. The minimum absolute atomic E-state index is 0.349. The first kappa shape index (κ1) is 21.4. The summed E-state index contributed by atoms with van der Waals surface area (Å²) in [6.07, 6.45) is 4.03. The molecule has 7 heteroatoms. The van der Waals surface area contributed by atoms with E-state index in [-0.39, 0.29) is 5.92 Å². The van der Waals surface area contributed by atoms with Gasteiger partial charge in [-0.05, 0) is 43.4 Å². The van der Waals surface area contributed by atoms with Crippen molar-refractivity contribution in [2.75, 3.05) is 5.32 Å². The molecule has 6 nitrogen and oxygen atoms in total. The monoisotopic (exact) mass is 395 g/mol. The summed E-state index contributed by atoms with van der Waals surface area (Å²) in [5.74, 6) is -2.57. The van der Waals surface area contributed by atoms with Gasteiger partial charge in [0.25, 0.3) is 0 Å². The summed E-state index contributed by atoms with van der Waals surface area (Å²) in [7, 11) is -3.59. The SMILES string of the molecule is CC(C(=O)O)c1cccc(NC(=O)C(C(C)C)S(=O)(=O)C2CCCCC2)c1. The Balaban J connectivity index is 2.23. The van der Waals surface area contributed by atoms with Crippen LogP contribution < -0.4 is 5.32 Å². The summed E-state index contributed by atoms with van der Waals surface area (Å²) in [6.45, 7) is 5.05. The summed E-state index contributed by atoms with van der Waals surface area (Å²) in [5, 5.41) is 10.3. The molecule has 27 heavy (non-hydrogen) atoms. The fourth-order valence-corrected chi connectivity index (χ4v) is 6.20. The van der Waals surface area contributed by atoms with Crippen molar-refractivity contribution in [3.05, 3.63) is 29.8 Å². The van der Waals surface area contributed by atoms with Crippen LogP contribution >= 0.6 is 0 Å². The smallest absolute Gasteiger partial charge is 0.310 e. The zero-order chi connectivity index (χ0) is 20.2. The van der Waals surface area contributed by atoms with Gasteiger partial charge in [-0.2, -0.15) is 0 Å². The third-order valence-corrected chi connectivity index (χ3v) is 8.13. The van der Waals surface area contributed by atoms with E-state index in [2.05, 4.69) is 5.32 Å². The van der Waals surface area contributed by atoms with Crippen molar-refractivity contribution in [2.24, 2.45) is 5.92 Å². The molecule has 1 saturated carbocycles. The summed E-state index contributed by atoms with van der Waals surface area (Å²) in [6, 6.07) is 6.55. The molecule has 0 spiro atoms. The molecule has 1 aromatic rings. The molecule has 2 atom stereocenters. The number of carbonyl (C=O) groups excluding carboxylic acids is 1. The Labute approximate surface area is 161 Å². The molecule has 0 heterocycles. The second-order valence-corrected chi connectivity index (χ2v) is 10.0. The molecule has 0 bridgehead atoms. The lowest BCUT2D eigenvalue weighted by molar-refractivity contribution is -0.138. The molecule has 0 radical (unpaired) electrons. The van der Waals surface area contributed by atoms with Crippen molar-refractivity contribution in [1.29, 1.82) is 0 Å². The van der Waals surface area contributed by atoms with Crippen LogP contribution in [0, 0.1) is 5.92 Å². The number of anilines is 1. The third-order valence-electron chi connectivity index (χ3n) is 5.26. The lowest BCUT2D eigenvalue weighted by Gasteiger charge is -2.28. The largest absolute Gasteiger partial charge is 0.481 e. The van der Waals surface area contributed by atoms with Crippen molar-refractivity contribution in [2.45, 2.75) is 69.3 Å². The zero-order valence-corrected chi connectivity index (χ0v) is 17.0. The molecule has 0 aliphatic heterocycles. The van der Waals surface area contributed by atoms with Crippen molar-refractivity contribution >= 4 is 27.4 Å². The van der Waals surface area contributed by atoms with Crippen LogP contribution in [0.15, 0.2) is 24.3 Å². The van der Waals surface area contributed by atoms with Gasteiger partial charge in [0.2, 0.25) is 5.91 Å². The zero-order valence-electron chi connectivity index (χ0n) is 16.1. The molecule has 0 aromatic heterocycles. The third kappa shape index (κ3) is 5.09. The first-order valence-electron chi connectivity index (χ1n) is 9.51. The van der Waals surface area contributed by atoms with Crippen LogP contribution in [0.4, 0.5) is 5.69 Å². The fraction of sp³-hybridized carbons (Fsp3) is 0.600. The summed E-state index contributed by atoms with van der Waals surface area (Å²) < 4.78 is 26.2. The van der Waals surface area contributed by atoms with Crippen LogP contribution in [-0.4, -0.2) is 35.9 Å². The Hall–Kier alpha value is -1.89. The van der Waals surface area contributed by atoms with Crippen LogP contribution in [0.1, 0.15) is 64.4 Å². The Kier molecular flexibility index (Phi) is 7.03. The minimum Gasteiger partial charge on any atom is -0.481 e. The lowest BCUT2D eigenvalue weighted by Crippen LogP contribution is -2.44. The topological polar surface area (TPSA) is 101 Å². The summed E-state index contributed by atoms with van der Waals surface area (Å²) >= 11 is 0. The van der Waals surface area contributed by atoms with Gasteiger partial charge in [-0.1, -0.05) is 45.2 Å². The van der Waals surface area contributed by atoms with Gasteiger partial charge in [0.05, 0.1) is 11.2 Å². The maximum absolute atomic E-state index is 13.1. The molecule has 150 valence electrons. The predicted molar refractivity (Wildman–Crippen MR) is 106 cm³/mol. The van der Waals surface area contributed by atoms with Gasteiger partial charge in [0, 0.05) is 5.69 Å². The average molecular weight is 396 g/mol. The number of sulfone groups is 1. The van der Waals surface area contributed by atoms with Crippen LogP contribution in [0.25, 0.3) is 0 Å². The van der Waals surface area contributed by atoms with Gasteiger partial charge in [0.15, 0.2) is 9.84 Å². The van der Waals surface area contributed by atoms with E-state index >= 15 is 0 Å². The van der Waals surface area contributed by atoms with Gasteiger partial charge in [-0.3, -0.25) is 9.59 Å². The van der Waals surface area contributed by atoms with E-state index in [9.17, 15) is 18.0 Å². The number of carbonyl (C=O) groups is 2. The predicted octanol–water partition coefficient (Wildman–Crippen LogP) is 3.59. The van der Waals surface area contributed by atoms with E-state index in [1.54, 1.807) is 45.0 Å². The van der Waals surface area contributed by atoms with E-state index in [0.29, 0.717) is 24.1 Å². The molecule has 1 aromatic carbocycles. The lowest BCUT2D eigenvalue weighted by atomic mass is 10.0. The van der Waals surface area contributed by atoms with Gasteiger partial charge < -0.3 is 10.4 Å². The second kappa shape index (κ2) is 8.87. The molecule has 2 unspecified atom stereocenters. The molecular weight excluding hydrogens is 366 g/mol. The maximum Gasteiger partial charge on any atom is 0.310 e. The average Bonchev–Trinajstić information content (AvgIpc) is 2.61. The highest BCUT2D eigenvalue weighted by molar-refractivity contribution is 7.93. The van der Waals surface area contributed by atoms with Crippen molar-refractivity contribution < 1.29 is 23.1 Å². The highest BCUT2D eigenvalue weighted by atomic mass is 32.2.